The molecule has 2 atom stereocenters. The molecule has 1 aliphatic rings. The monoisotopic (exact) mass is 382 g/mol. The van der Waals surface area contributed by atoms with Crippen molar-refractivity contribution in [3.63, 3.8) is 0 Å². The van der Waals surface area contributed by atoms with Crippen molar-refractivity contribution in [1.82, 2.24) is 0 Å². The van der Waals surface area contributed by atoms with E-state index in [0.717, 1.165) is 17.7 Å². The van der Waals surface area contributed by atoms with Crippen LogP contribution in [0.4, 0.5) is 5.69 Å². The molecule has 28 heavy (non-hydrogen) atoms. The van der Waals surface area contributed by atoms with E-state index in [2.05, 4.69) is 0 Å². The van der Waals surface area contributed by atoms with Crippen molar-refractivity contribution in [3.05, 3.63) is 59.7 Å². The number of hydrogen-bond donors (Lipinski definition) is 1. The molecule has 146 valence electrons. The van der Waals surface area contributed by atoms with Gasteiger partial charge < -0.3 is 20.1 Å². The summed E-state index contributed by atoms with van der Waals surface area (Å²) in [5.74, 6) is -1.47. The maximum atomic E-state index is 12.8. The van der Waals surface area contributed by atoms with Crippen LogP contribution in [0.25, 0.3) is 0 Å². The molecule has 0 spiro atoms. The van der Waals surface area contributed by atoms with E-state index >= 15 is 0 Å². The Labute approximate surface area is 163 Å². The van der Waals surface area contributed by atoms with Gasteiger partial charge in [-0.05, 0) is 44.0 Å². The molecule has 1 heterocycles. The number of carbonyl (C=O) groups excluding carboxylic acids is 3. The molecule has 0 aromatic heterocycles. The number of amides is 2. The summed E-state index contributed by atoms with van der Waals surface area (Å²) in [6.45, 7) is 3.05. The van der Waals surface area contributed by atoms with Gasteiger partial charge in [0, 0.05) is 11.7 Å². The van der Waals surface area contributed by atoms with Crippen LogP contribution in [0.1, 0.15) is 29.8 Å². The van der Waals surface area contributed by atoms with Gasteiger partial charge in [-0.1, -0.05) is 30.3 Å². The van der Waals surface area contributed by atoms with Crippen LogP contribution in [0.5, 0.6) is 5.75 Å². The number of nitrogens with two attached hydrogens (primary N) is 1. The molecule has 2 N–H and O–H groups in total. The third kappa shape index (κ3) is 3.98. The molecule has 7 heteroatoms. The number of ether oxygens (including phenoxy) is 2. The number of esters is 1. The number of rotatable bonds is 6. The highest BCUT2D eigenvalue weighted by molar-refractivity contribution is 5.99. The van der Waals surface area contributed by atoms with Gasteiger partial charge in [0.05, 0.1) is 5.56 Å². The molecule has 2 amide bonds. The highest BCUT2D eigenvalue weighted by Crippen LogP contribution is 2.32. The molecular weight excluding hydrogens is 360 g/mol. The van der Waals surface area contributed by atoms with Crippen LogP contribution < -0.4 is 15.4 Å². The predicted octanol–water partition coefficient (Wildman–Crippen LogP) is 2.07. The van der Waals surface area contributed by atoms with Gasteiger partial charge in [0.15, 0.2) is 12.7 Å². The summed E-state index contributed by atoms with van der Waals surface area (Å²) in [5, 5.41) is 0. The van der Waals surface area contributed by atoms with E-state index < -0.39 is 24.6 Å². The fourth-order valence-electron chi connectivity index (χ4n) is 3.31. The molecule has 0 fully saturated rings. The van der Waals surface area contributed by atoms with Crippen molar-refractivity contribution in [2.75, 3.05) is 11.5 Å². The van der Waals surface area contributed by atoms with Crippen molar-refractivity contribution in [2.45, 2.75) is 32.4 Å². The Balaban J connectivity index is 1.60. The van der Waals surface area contributed by atoms with Gasteiger partial charge in [0.25, 0.3) is 11.8 Å². The summed E-state index contributed by atoms with van der Waals surface area (Å²) in [6.07, 6.45) is -0.202. The number of hydrogen-bond acceptors (Lipinski definition) is 5. The van der Waals surface area contributed by atoms with E-state index in [1.807, 2.05) is 31.2 Å². The summed E-state index contributed by atoms with van der Waals surface area (Å²) in [6, 6.07) is 14.0. The number of carbonyl (C=O) groups is 3. The lowest BCUT2D eigenvalue weighted by Crippen LogP contribution is -2.43. The fourth-order valence-corrected chi connectivity index (χ4v) is 3.31. The summed E-state index contributed by atoms with van der Waals surface area (Å²) in [7, 11) is 0. The second-order valence-corrected chi connectivity index (χ2v) is 6.67. The number of anilines is 1. The first-order valence-corrected chi connectivity index (χ1v) is 9.00. The second kappa shape index (κ2) is 8.12. The molecule has 2 aromatic rings. The Bertz CT molecular complexity index is 911. The van der Waals surface area contributed by atoms with Crippen molar-refractivity contribution < 1.29 is 23.9 Å². The van der Waals surface area contributed by atoms with Crippen LogP contribution >= 0.6 is 0 Å². The van der Waals surface area contributed by atoms with E-state index in [9.17, 15) is 14.4 Å². The maximum Gasteiger partial charge on any atom is 0.344 e. The maximum absolute atomic E-state index is 12.8. The first kappa shape index (κ1) is 19.4. The average molecular weight is 382 g/mol. The van der Waals surface area contributed by atoms with Crippen molar-refractivity contribution in [2.24, 2.45) is 5.73 Å². The van der Waals surface area contributed by atoms with Crippen LogP contribution in [0.3, 0.4) is 0 Å². The topological polar surface area (TPSA) is 98.9 Å². The first-order valence-electron chi connectivity index (χ1n) is 9.00. The standard InChI is InChI=1S/C21H22N2O5/c1-13-11-15-7-3-5-9-17(15)23(13)21(26)14(2)28-19(24)12-27-18-10-6-4-8-16(18)20(22)25/h3-10,13-14H,11-12H2,1-2H3,(H2,22,25)/t13-,14+/m1/s1. The van der Waals surface area contributed by atoms with Crippen molar-refractivity contribution in [1.29, 1.82) is 0 Å². The summed E-state index contributed by atoms with van der Waals surface area (Å²) in [5.41, 5.74) is 7.38. The number of nitrogens with zero attached hydrogens (tertiary/aromatic N) is 1. The third-order valence-electron chi connectivity index (χ3n) is 4.60. The molecule has 1 aliphatic heterocycles. The lowest BCUT2D eigenvalue weighted by molar-refractivity contribution is -0.155. The fraction of sp³-hybridized carbons (Fsp3) is 0.286. The van der Waals surface area contributed by atoms with Gasteiger partial charge in [-0.2, -0.15) is 0 Å². The van der Waals surface area contributed by atoms with Crippen LogP contribution in [-0.4, -0.2) is 36.5 Å². The first-order chi connectivity index (χ1) is 13.4. The number of primary amides is 1. The Morgan fingerprint density at radius 2 is 1.82 bits per heavy atom. The molecule has 0 bridgehead atoms. The van der Waals surface area contributed by atoms with Gasteiger partial charge in [-0.15, -0.1) is 0 Å². The van der Waals surface area contributed by atoms with Crippen molar-refractivity contribution >= 4 is 23.5 Å². The molecule has 2 aromatic carbocycles. The minimum atomic E-state index is -0.962. The molecular formula is C21H22N2O5. The number of fused-ring (bicyclic) bond motifs is 1. The molecule has 0 unspecified atom stereocenters. The normalized spacial score (nSPS) is 16.2. The smallest absolute Gasteiger partial charge is 0.344 e. The Morgan fingerprint density at radius 1 is 1.14 bits per heavy atom. The summed E-state index contributed by atoms with van der Waals surface area (Å²) in [4.78, 5) is 38.0. The van der Waals surface area contributed by atoms with Crippen LogP contribution in [0, 0.1) is 0 Å². The van der Waals surface area contributed by atoms with E-state index in [1.165, 1.54) is 19.1 Å². The zero-order valence-corrected chi connectivity index (χ0v) is 15.8. The summed E-state index contributed by atoms with van der Waals surface area (Å²) < 4.78 is 10.6. The molecule has 0 aliphatic carbocycles. The van der Waals surface area contributed by atoms with Gasteiger partial charge in [-0.25, -0.2) is 4.79 Å². The zero-order chi connectivity index (χ0) is 20.3. The Hall–Kier alpha value is -3.35. The minimum absolute atomic E-state index is 0.00949. The highest BCUT2D eigenvalue weighted by Gasteiger charge is 2.34. The SMILES string of the molecule is C[C@H](OC(=O)COc1ccccc1C(N)=O)C(=O)N1c2ccccc2C[C@H]1C. The molecule has 7 nitrogen and oxygen atoms in total. The zero-order valence-electron chi connectivity index (χ0n) is 15.8. The van der Waals surface area contributed by atoms with Gasteiger partial charge in [0.2, 0.25) is 0 Å². The highest BCUT2D eigenvalue weighted by atomic mass is 16.6. The quantitative estimate of drug-likeness (QED) is 0.771. The molecule has 0 radical (unpaired) electrons. The third-order valence-corrected chi connectivity index (χ3v) is 4.60. The van der Waals surface area contributed by atoms with Gasteiger partial charge in [0.1, 0.15) is 5.75 Å². The average Bonchev–Trinajstić information content (AvgIpc) is 3.01. The molecule has 0 saturated heterocycles. The number of benzene rings is 2. The summed E-state index contributed by atoms with van der Waals surface area (Å²) >= 11 is 0. The van der Waals surface area contributed by atoms with E-state index in [0.29, 0.717) is 0 Å². The lowest BCUT2D eigenvalue weighted by Gasteiger charge is -2.25. The van der Waals surface area contributed by atoms with Gasteiger partial charge >= 0.3 is 5.97 Å². The van der Waals surface area contributed by atoms with E-state index in [4.69, 9.17) is 15.2 Å². The predicted molar refractivity (Wildman–Crippen MR) is 103 cm³/mol. The van der Waals surface area contributed by atoms with Crippen molar-refractivity contribution in [3.8, 4) is 5.75 Å². The Kier molecular flexibility index (Phi) is 5.63. The molecule has 0 saturated carbocycles. The van der Waals surface area contributed by atoms with E-state index in [1.54, 1.807) is 17.0 Å². The Morgan fingerprint density at radius 3 is 2.57 bits per heavy atom. The minimum Gasteiger partial charge on any atom is -0.481 e. The van der Waals surface area contributed by atoms with Crippen LogP contribution in [0.15, 0.2) is 48.5 Å². The van der Waals surface area contributed by atoms with Crippen LogP contribution in [0.2, 0.25) is 0 Å². The molecule has 3 rings (SSSR count). The lowest BCUT2D eigenvalue weighted by atomic mass is 10.1. The van der Waals surface area contributed by atoms with Crippen LogP contribution in [-0.2, 0) is 20.7 Å². The second-order valence-electron chi connectivity index (χ2n) is 6.67. The van der Waals surface area contributed by atoms with E-state index in [-0.39, 0.29) is 23.3 Å². The largest absolute Gasteiger partial charge is 0.481 e. The van der Waals surface area contributed by atoms with Gasteiger partial charge in [-0.3, -0.25) is 9.59 Å². The number of para-hydroxylation sites is 2.